The molecule has 0 aliphatic heterocycles. The number of hydrogen-bond donors (Lipinski definition) is 1. The molecule has 4 heteroatoms. The van der Waals surface area contributed by atoms with Gasteiger partial charge in [-0.1, -0.05) is 32.0 Å². The molecule has 0 saturated carbocycles. The summed E-state index contributed by atoms with van der Waals surface area (Å²) in [5.41, 5.74) is 6.77. The minimum atomic E-state index is -0.0962. The van der Waals surface area contributed by atoms with E-state index in [1.807, 2.05) is 67.9 Å². The number of nitrogens with zero attached hydrogens (tertiary/aromatic N) is 2. The molecule has 0 radical (unpaired) electrons. The van der Waals surface area contributed by atoms with E-state index in [1.165, 1.54) is 0 Å². The van der Waals surface area contributed by atoms with Gasteiger partial charge >= 0.3 is 0 Å². The van der Waals surface area contributed by atoms with E-state index in [0.29, 0.717) is 11.5 Å². The zero-order chi connectivity index (χ0) is 18.8. The van der Waals surface area contributed by atoms with Gasteiger partial charge in [0.15, 0.2) is 0 Å². The molecule has 0 bridgehead atoms. The van der Waals surface area contributed by atoms with Gasteiger partial charge in [0, 0.05) is 16.9 Å². The predicted octanol–water partition coefficient (Wildman–Crippen LogP) is 5.17. The van der Waals surface area contributed by atoms with Crippen LogP contribution in [0.25, 0.3) is 5.69 Å². The number of carbonyl (C=O) groups excluding carboxylic acids is 1. The van der Waals surface area contributed by atoms with E-state index in [4.69, 9.17) is 0 Å². The van der Waals surface area contributed by atoms with Crippen LogP contribution in [0.3, 0.4) is 0 Å². The van der Waals surface area contributed by atoms with Gasteiger partial charge in [-0.05, 0) is 68.1 Å². The zero-order valence-electron chi connectivity index (χ0n) is 16.0. The van der Waals surface area contributed by atoms with Gasteiger partial charge < -0.3 is 5.32 Å². The van der Waals surface area contributed by atoms with Crippen molar-refractivity contribution in [3.05, 3.63) is 76.6 Å². The first kappa shape index (κ1) is 17.9. The smallest absolute Gasteiger partial charge is 0.255 e. The fourth-order valence-electron chi connectivity index (χ4n) is 3.17. The summed E-state index contributed by atoms with van der Waals surface area (Å²) < 4.78 is 1.88. The standard InChI is InChI=1S/C22H25N3O/c1-14(2)20-8-6-7-15(3)21(20)23-22(26)18-9-11-19(12-10-18)25-17(5)13-16(4)24-25/h6-14H,1-5H3,(H,23,26). The Morgan fingerprint density at radius 3 is 2.31 bits per heavy atom. The predicted molar refractivity (Wildman–Crippen MR) is 106 cm³/mol. The average Bonchev–Trinajstić information content (AvgIpc) is 2.94. The Labute approximate surface area is 154 Å². The van der Waals surface area contributed by atoms with Gasteiger partial charge in [-0.15, -0.1) is 0 Å². The maximum absolute atomic E-state index is 12.7. The molecule has 1 aromatic heterocycles. The minimum Gasteiger partial charge on any atom is -0.321 e. The number of anilines is 1. The fraction of sp³-hybridized carbons (Fsp3) is 0.273. The first-order chi connectivity index (χ1) is 12.4. The summed E-state index contributed by atoms with van der Waals surface area (Å²) in [4.78, 5) is 12.7. The highest BCUT2D eigenvalue weighted by Gasteiger charge is 2.13. The van der Waals surface area contributed by atoms with Gasteiger partial charge in [0.05, 0.1) is 11.4 Å². The number of nitrogens with one attached hydrogen (secondary N) is 1. The Morgan fingerprint density at radius 1 is 1.04 bits per heavy atom. The largest absolute Gasteiger partial charge is 0.321 e. The van der Waals surface area contributed by atoms with Gasteiger partial charge in [-0.25, -0.2) is 4.68 Å². The van der Waals surface area contributed by atoms with E-state index in [0.717, 1.165) is 33.9 Å². The zero-order valence-corrected chi connectivity index (χ0v) is 16.0. The van der Waals surface area contributed by atoms with Crippen molar-refractivity contribution in [2.75, 3.05) is 5.32 Å². The maximum atomic E-state index is 12.7. The Balaban J connectivity index is 1.85. The molecule has 1 heterocycles. The average molecular weight is 347 g/mol. The van der Waals surface area contributed by atoms with Gasteiger partial charge in [0.1, 0.15) is 0 Å². The molecule has 0 saturated heterocycles. The Bertz CT molecular complexity index is 937. The molecule has 0 atom stereocenters. The lowest BCUT2D eigenvalue weighted by atomic mass is 9.98. The highest BCUT2D eigenvalue weighted by Crippen LogP contribution is 2.28. The number of rotatable bonds is 4. The summed E-state index contributed by atoms with van der Waals surface area (Å²) in [6.45, 7) is 10.3. The van der Waals surface area contributed by atoms with Crippen molar-refractivity contribution >= 4 is 11.6 Å². The maximum Gasteiger partial charge on any atom is 0.255 e. The van der Waals surface area contributed by atoms with Crippen LogP contribution in [0.4, 0.5) is 5.69 Å². The van der Waals surface area contributed by atoms with Crippen molar-refractivity contribution in [1.29, 1.82) is 0 Å². The molecule has 0 aliphatic carbocycles. The molecule has 0 unspecified atom stereocenters. The van der Waals surface area contributed by atoms with Crippen molar-refractivity contribution in [2.45, 2.75) is 40.5 Å². The van der Waals surface area contributed by atoms with Crippen molar-refractivity contribution in [2.24, 2.45) is 0 Å². The van der Waals surface area contributed by atoms with Crippen LogP contribution in [0.2, 0.25) is 0 Å². The first-order valence-corrected chi connectivity index (χ1v) is 8.91. The lowest BCUT2D eigenvalue weighted by molar-refractivity contribution is 0.102. The van der Waals surface area contributed by atoms with Crippen LogP contribution < -0.4 is 5.32 Å². The number of hydrogen-bond acceptors (Lipinski definition) is 2. The van der Waals surface area contributed by atoms with E-state index in [2.05, 4.69) is 30.3 Å². The molecule has 3 rings (SSSR count). The van der Waals surface area contributed by atoms with Crippen molar-refractivity contribution in [3.8, 4) is 5.69 Å². The summed E-state index contributed by atoms with van der Waals surface area (Å²) in [7, 11) is 0. The summed E-state index contributed by atoms with van der Waals surface area (Å²) in [6.07, 6.45) is 0. The topological polar surface area (TPSA) is 46.9 Å². The van der Waals surface area contributed by atoms with Crippen molar-refractivity contribution in [1.82, 2.24) is 9.78 Å². The number of aryl methyl sites for hydroxylation is 3. The highest BCUT2D eigenvalue weighted by atomic mass is 16.1. The SMILES string of the molecule is Cc1cc(C)n(-c2ccc(C(=O)Nc3c(C)cccc3C(C)C)cc2)n1. The molecule has 26 heavy (non-hydrogen) atoms. The van der Waals surface area contributed by atoms with Gasteiger partial charge in [-0.3, -0.25) is 4.79 Å². The summed E-state index contributed by atoms with van der Waals surface area (Å²) in [5, 5.41) is 7.57. The lowest BCUT2D eigenvalue weighted by Gasteiger charge is -2.16. The Hall–Kier alpha value is -2.88. The molecule has 0 fully saturated rings. The minimum absolute atomic E-state index is 0.0962. The van der Waals surface area contributed by atoms with Crippen LogP contribution in [0.1, 0.15) is 52.6 Å². The highest BCUT2D eigenvalue weighted by molar-refractivity contribution is 6.05. The van der Waals surface area contributed by atoms with Crippen LogP contribution in [0, 0.1) is 20.8 Å². The van der Waals surface area contributed by atoms with Crippen molar-refractivity contribution < 1.29 is 4.79 Å². The fourth-order valence-corrected chi connectivity index (χ4v) is 3.17. The van der Waals surface area contributed by atoms with Crippen molar-refractivity contribution in [3.63, 3.8) is 0 Å². The molecule has 2 aromatic carbocycles. The molecule has 4 nitrogen and oxygen atoms in total. The monoisotopic (exact) mass is 347 g/mol. The number of benzene rings is 2. The first-order valence-electron chi connectivity index (χ1n) is 8.91. The van der Waals surface area contributed by atoms with Crippen LogP contribution in [0.5, 0.6) is 0 Å². The van der Waals surface area contributed by atoms with Gasteiger partial charge in [0.2, 0.25) is 0 Å². The number of carbonyl (C=O) groups is 1. The molecule has 3 aromatic rings. The van der Waals surface area contributed by atoms with E-state index in [-0.39, 0.29) is 5.91 Å². The van der Waals surface area contributed by atoms with Gasteiger partial charge in [0.25, 0.3) is 5.91 Å². The van der Waals surface area contributed by atoms with Gasteiger partial charge in [-0.2, -0.15) is 5.10 Å². The third kappa shape index (κ3) is 3.54. The molecular weight excluding hydrogens is 322 g/mol. The van der Waals surface area contributed by atoms with Crippen LogP contribution in [-0.4, -0.2) is 15.7 Å². The van der Waals surface area contributed by atoms with Crippen LogP contribution in [0.15, 0.2) is 48.5 Å². The quantitative estimate of drug-likeness (QED) is 0.707. The van der Waals surface area contributed by atoms with E-state index in [1.54, 1.807) is 0 Å². The Morgan fingerprint density at radius 2 is 1.73 bits per heavy atom. The molecule has 0 aliphatic rings. The summed E-state index contributed by atoms with van der Waals surface area (Å²) in [5.74, 6) is 0.250. The van der Waals surface area contributed by atoms with E-state index < -0.39 is 0 Å². The van der Waals surface area contributed by atoms with Crippen LogP contribution in [-0.2, 0) is 0 Å². The molecule has 0 spiro atoms. The molecule has 1 N–H and O–H groups in total. The second kappa shape index (κ2) is 7.16. The second-order valence-electron chi connectivity index (χ2n) is 7.03. The summed E-state index contributed by atoms with van der Waals surface area (Å²) >= 11 is 0. The lowest BCUT2D eigenvalue weighted by Crippen LogP contribution is -2.15. The number of aromatic nitrogens is 2. The summed E-state index contributed by atoms with van der Waals surface area (Å²) in [6, 6.07) is 15.7. The van der Waals surface area contributed by atoms with E-state index >= 15 is 0 Å². The third-order valence-electron chi connectivity index (χ3n) is 4.55. The number of para-hydroxylation sites is 1. The Kier molecular flexibility index (Phi) is 4.94. The third-order valence-corrected chi connectivity index (χ3v) is 4.55. The molecule has 134 valence electrons. The van der Waals surface area contributed by atoms with E-state index in [9.17, 15) is 4.79 Å². The molecule has 1 amide bonds. The normalized spacial score (nSPS) is 11.0. The van der Waals surface area contributed by atoms with Crippen LogP contribution >= 0.6 is 0 Å². The number of amides is 1. The molecular formula is C22H25N3O. The second-order valence-corrected chi connectivity index (χ2v) is 7.03.